The van der Waals surface area contributed by atoms with Gasteiger partial charge in [0.05, 0.1) is 16.8 Å². The Kier molecular flexibility index (Phi) is 3.41. The molecule has 0 unspecified atom stereocenters. The molecule has 1 amide bonds. The summed E-state index contributed by atoms with van der Waals surface area (Å²) < 4.78 is 6.84. The molecule has 2 aromatic heterocycles. The van der Waals surface area contributed by atoms with E-state index >= 15 is 0 Å². The highest BCUT2D eigenvalue weighted by atomic mass is 32.1. The molecular formula is C16H20N4O2S. The number of amides is 1. The summed E-state index contributed by atoms with van der Waals surface area (Å²) in [6, 6.07) is 0. The van der Waals surface area contributed by atoms with E-state index in [0.29, 0.717) is 6.54 Å². The highest BCUT2D eigenvalue weighted by Crippen LogP contribution is 2.36. The Bertz CT molecular complexity index is 762. The summed E-state index contributed by atoms with van der Waals surface area (Å²) in [4.78, 5) is 24.7. The second-order valence-corrected chi connectivity index (χ2v) is 7.42. The zero-order chi connectivity index (χ0) is 16.0. The number of ether oxygens (including phenoxy) is 1. The van der Waals surface area contributed by atoms with Crippen LogP contribution in [0.15, 0.2) is 11.7 Å². The van der Waals surface area contributed by atoms with Crippen LogP contribution in [0.5, 0.6) is 0 Å². The van der Waals surface area contributed by atoms with E-state index < -0.39 is 0 Å². The number of anilines is 1. The van der Waals surface area contributed by atoms with Gasteiger partial charge in [-0.2, -0.15) is 0 Å². The van der Waals surface area contributed by atoms with Gasteiger partial charge < -0.3 is 14.5 Å². The molecule has 2 aliphatic heterocycles. The van der Waals surface area contributed by atoms with Gasteiger partial charge in [0.2, 0.25) is 0 Å². The minimum absolute atomic E-state index is 0.197. The van der Waals surface area contributed by atoms with Gasteiger partial charge in [-0.25, -0.2) is 14.8 Å². The smallest absolute Gasteiger partial charge is 0.410 e. The zero-order valence-corrected chi connectivity index (χ0v) is 14.2. The molecule has 1 spiro atoms. The van der Waals surface area contributed by atoms with Crippen molar-refractivity contribution >= 4 is 33.5 Å². The second-order valence-electron chi connectivity index (χ2n) is 6.54. The summed E-state index contributed by atoms with van der Waals surface area (Å²) >= 11 is 1.71. The minimum atomic E-state index is -0.321. The van der Waals surface area contributed by atoms with Crippen molar-refractivity contribution in [3.8, 4) is 0 Å². The third-order valence-corrected chi connectivity index (χ3v) is 5.93. The number of likely N-dealkylation sites (N-methyl/N-ethyl adjacent to an activating group) is 1. The molecule has 0 saturated carbocycles. The molecule has 0 N–H and O–H groups in total. The largest absolute Gasteiger partial charge is 0.441 e. The first-order chi connectivity index (χ1) is 11.1. The SMILES string of the molecule is Cc1csc2c(N3CCC[C@]4(CC3)CN(C)C(=O)O4)ncnc12. The lowest BCUT2D eigenvalue weighted by Crippen LogP contribution is -2.35. The van der Waals surface area contributed by atoms with E-state index in [-0.39, 0.29) is 11.7 Å². The fourth-order valence-corrected chi connectivity index (χ4v) is 4.63. The minimum Gasteiger partial charge on any atom is -0.441 e. The highest BCUT2D eigenvalue weighted by Gasteiger charge is 2.44. The van der Waals surface area contributed by atoms with Gasteiger partial charge in [-0.1, -0.05) is 0 Å². The summed E-state index contributed by atoms with van der Waals surface area (Å²) in [6.07, 6.45) is 4.21. The molecule has 2 fully saturated rings. The van der Waals surface area contributed by atoms with Crippen LogP contribution in [0.3, 0.4) is 0 Å². The summed E-state index contributed by atoms with van der Waals surface area (Å²) in [5, 5.41) is 2.13. The lowest BCUT2D eigenvalue weighted by molar-refractivity contribution is 0.0473. The number of nitrogens with zero attached hydrogens (tertiary/aromatic N) is 4. The Morgan fingerprint density at radius 1 is 1.30 bits per heavy atom. The van der Waals surface area contributed by atoms with Crippen LogP contribution >= 0.6 is 11.3 Å². The summed E-state index contributed by atoms with van der Waals surface area (Å²) in [6.45, 7) is 4.56. The number of hydrogen-bond acceptors (Lipinski definition) is 6. The number of aryl methyl sites for hydroxylation is 1. The van der Waals surface area contributed by atoms with Crippen molar-refractivity contribution in [3.05, 3.63) is 17.3 Å². The van der Waals surface area contributed by atoms with Crippen LogP contribution in [0.25, 0.3) is 10.2 Å². The molecule has 4 rings (SSSR count). The van der Waals surface area contributed by atoms with E-state index in [4.69, 9.17) is 4.74 Å². The van der Waals surface area contributed by atoms with Crippen LogP contribution in [-0.2, 0) is 4.74 Å². The molecule has 23 heavy (non-hydrogen) atoms. The molecule has 1 atom stereocenters. The van der Waals surface area contributed by atoms with Crippen LogP contribution in [-0.4, -0.2) is 53.2 Å². The van der Waals surface area contributed by atoms with Crippen molar-refractivity contribution < 1.29 is 9.53 Å². The van der Waals surface area contributed by atoms with Gasteiger partial charge in [-0.15, -0.1) is 11.3 Å². The van der Waals surface area contributed by atoms with Crippen molar-refractivity contribution in [3.63, 3.8) is 0 Å². The van der Waals surface area contributed by atoms with E-state index in [1.807, 2.05) is 7.05 Å². The van der Waals surface area contributed by atoms with Gasteiger partial charge in [0.25, 0.3) is 0 Å². The lowest BCUT2D eigenvalue weighted by Gasteiger charge is -2.25. The van der Waals surface area contributed by atoms with Crippen molar-refractivity contribution in [2.75, 3.05) is 31.6 Å². The molecule has 2 saturated heterocycles. The first kappa shape index (κ1) is 14.7. The second kappa shape index (κ2) is 5.33. The Morgan fingerprint density at radius 3 is 2.96 bits per heavy atom. The monoisotopic (exact) mass is 332 g/mol. The molecular weight excluding hydrogens is 312 g/mol. The quantitative estimate of drug-likeness (QED) is 0.804. The topological polar surface area (TPSA) is 58.6 Å². The predicted molar refractivity (Wildman–Crippen MR) is 90.1 cm³/mol. The van der Waals surface area contributed by atoms with Crippen LogP contribution in [0.2, 0.25) is 0 Å². The van der Waals surface area contributed by atoms with Gasteiger partial charge in [-0.3, -0.25) is 0 Å². The molecule has 7 heteroatoms. The van der Waals surface area contributed by atoms with Crippen LogP contribution < -0.4 is 4.90 Å². The molecule has 0 aliphatic carbocycles. The Labute approximate surface area is 139 Å². The predicted octanol–water partition coefficient (Wildman–Crippen LogP) is 2.81. The molecule has 0 bridgehead atoms. The normalized spacial score (nSPS) is 25.2. The fraction of sp³-hybridized carbons (Fsp3) is 0.562. The van der Waals surface area contributed by atoms with E-state index in [1.54, 1.807) is 22.6 Å². The highest BCUT2D eigenvalue weighted by molar-refractivity contribution is 7.18. The number of thiophene rings is 1. The molecule has 122 valence electrons. The Hall–Kier alpha value is -1.89. The van der Waals surface area contributed by atoms with Crippen molar-refractivity contribution in [2.45, 2.75) is 31.8 Å². The summed E-state index contributed by atoms with van der Waals surface area (Å²) in [5.41, 5.74) is 1.93. The third-order valence-electron chi connectivity index (χ3n) is 4.85. The zero-order valence-electron chi connectivity index (χ0n) is 13.4. The van der Waals surface area contributed by atoms with Crippen molar-refractivity contribution in [2.24, 2.45) is 0 Å². The molecule has 2 aliphatic rings. The third kappa shape index (κ3) is 2.43. The number of hydrogen-bond donors (Lipinski definition) is 0. The van der Waals surface area contributed by atoms with Gasteiger partial charge in [-0.05, 0) is 30.7 Å². The molecule has 6 nitrogen and oxygen atoms in total. The Balaban J connectivity index is 1.60. The van der Waals surface area contributed by atoms with E-state index in [9.17, 15) is 4.79 Å². The molecule has 0 aromatic carbocycles. The van der Waals surface area contributed by atoms with Gasteiger partial charge in [0.1, 0.15) is 17.7 Å². The van der Waals surface area contributed by atoms with Gasteiger partial charge in [0, 0.05) is 26.6 Å². The number of rotatable bonds is 1. The van der Waals surface area contributed by atoms with Crippen LogP contribution in [0.4, 0.5) is 10.6 Å². The Morgan fingerprint density at radius 2 is 2.17 bits per heavy atom. The average molecular weight is 332 g/mol. The van der Waals surface area contributed by atoms with Crippen LogP contribution in [0, 0.1) is 6.92 Å². The van der Waals surface area contributed by atoms with Gasteiger partial charge in [0.15, 0.2) is 0 Å². The van der Waals surface area contributed by atoms with E-state index in [2.05, 4.69) is 27.2 Å². The van der Waals surface area contributed by atoms with Gasteiger partial charge >= 0.3 is 6.09 Å². The fourth-order valence-electron chi connectivity index (χ4n) is 3.61. The first-order valence-corrected chi connectivity index (χ1v) is 8.84. The maximum absolute atomic E-state index is 11.8. The summed E-state index contributed by atoms with van der Waals surface area (Å²) in [7, 11) is 1.81. The summed E-state index contributed by atoms with van der Waals surface area (Å²) in [5.74, 6) is 1.02. The molecule has 0 radical (unpaired) electrons. The van der Waals surface area contributed by atoms with Crippen LogP contribution in [0.1, 0.15) is 24.8 Å². The average Bonchev–Trinajstić information content (AvgIpc) is 2.96. The van der Waals surface area contributed by atoms with E-state index in [0.717, 1.165) is 48.4 Å². The standard InChI is InChI=1S/C16H20N4O2S/c1-11-8-23-13-12(11)17-10-18-14(13)20-6-3-4-16(5-7-20)9-19(2)15(21)22-16/h8,10H,3-7,9H2,1-2H3/t16-/m0/s1. The first-order valence-electron chi connectivity index (χ1n) is 7.96. The number of fused-ring (bicyclic) bond motifs is 1. The number of carbonyl (C=O) groups is 1. The maximum atomic E-state index is 11.8. The number of carbonyl (C=O) groups excluding carboxylic acids is 1. The van der Waals surface area contributed by atoms with Crippen molar-refractivity contribution in [1.82, 2.24) is 14.9 Å². The number of aromatic nitrogens is 2. The van der Waals surface area contributed by atoms with E-state index in [1.165, 1.54) is 5.56 Å². The molecule has 2 aromatic rings. The lowest BCUT2D eigenvalue weighted by atomic mass is 9.95. The van der Waals surface area contributed by atoms with Crippen molar-refractivity contribution in [1.29, 1.82) is 0 Å². The maximum Gasteiger partial charge on any atom is 0.410 e. The molecule has 4 heterocycles.